The summed E-state index contributed by atoms with van der Waals surface area (Å²) < 4.78 is 68.7. The molecular weight excluding hydrogens is 515 g/mol. The van der Waals surface area contributed by atoms with Gasteiger partial charge in [0, 0.05) is 13.0 Å². The maximum atomic E-state index is 13.6. The number of primary sulfonamides is 1. The fraction of sp³-hybridized carbons (Fsp3) is 0.333. The second-order valence-corrected chi connectivity index (χ2v) is 10.7. The molecule has 0 aliphatic rings. The van der Waals surface area contributed by atoms with Crippen molar-refractivity contribution < 1.29 is 31.1 Å². The molecule has 3 N–H and O–H groups in total. The predicted molar refractivity (Wildman–Crippen MR) is 130 cm³/mol. The van der Waals surface area contributed by atoms with Crippen LogP contribution in [0.2, 0.25) is 0 Å². The Morgan fingerprint density at radius 2 is 1.81 bits per heavy atom. The summed E-state index contributed by atoms with van der Waals surface area (Å²) in [5, 5.41) is 8.25. The molecule has 0 fully saturated rings. The molecule has 36 heavy (non-hydrogen) atoms. The molecule has 2 aromatic carbocycles. The number of carbonyl (C=O) groups is 1. The van der Waals surface area contributed by atoms with Gasteiger partial charge in [0.05, 0.1) is 28.3 Å². The number of ether oxygens (including phenoxy) is 1. The zero-order valence-electron chi connectivity index (χ0n) is 19.5. The van der Waals surface area contributed by atoms with E-state index in [0.29, 0.717) is 27.4 Å². The topological polar surface area (TPSA) is 111 Å². The number of amides is 1. The van der Waals surface area contributed by atoms with E-state index in [-0.39, 0.29) is 30.2 Å². The van der Waals surface area contributed by atoms with Gasteiger partial charge in [0.15, 0.2) is 0 Å². The Labute approximate surface area is 211 Å². The lowest BCUT2D eigenvalue weighted by Gasteiger charge is -2.15. The monoisotopic (exact) mass is 541 g/mol. The van der Waals surface area contributed by atoms with Crippen LogP contribution in [0.1, 0.15) is 57.6 Å². The molecule has 0 saturated carbocycles. The van der Waals surface area contributed by atoms with Crippen molar-refractivity contribution in [2.45, 2.75) is 50.2 Å². The van der Waals surface area contributed by atoms with E-state index >= 15 is 0 Å². The Kier molecular flexibility index (Phi) is 9.09. The molecule has 12 heteroatoms. The van der Waals surface area contributed by atoms with E-state index in [2.05, 4.69) is 10.3 Å². The van der Waals surface area contributed by atoms with Crippen LogP contribution in [0.3, 0.4) is 0 Å². The van der Waals surface area contributed by atoms with Gasteiger partial charge in [-0.3, -0.25) is 4.79 Å². The third-order valence-electron chi connectivity index (χ3n) is 5.19. The number of nitrogens with one attached hydrogen (secondary N) is 1. The van der Waals surface area contributed by atoms with Gasteiger partial charge in [0.25, 0.3) is 5.91 Å². The Morgan fingerprint density at radius 1 is 1.11 bits per heavy atom. The lowest BCUT2D eigenvalue weighted by Crippen LogP contribution is -2.21. The minimum atomic E-state index is -4.56. The summed E-state index contributed by atoms with van der Waals surface area (Å²) in [7, 11) is -3.80. The lowest BCUT2D eigenvalue weighted by atomic mass is 10.1. The van der Waals surface area contributed by atoms with Gasteiger partial charge in [0.2, 0.25) is 10.0 Å². The van der Waals surface area contributed by atoms with Crippen LogP contribution < -0.4 is 15.2 Å². The third kappa shape index (κ3) is 7.77. The van der Waals surface area contributed by atoms with Crippen LogP contribution in [-0.4, -0.2) is 25.9 Å². The molecule has 0 aliphatic heterocycles. The largest absolute Gasteiger partial charge is 0.493 e. The number of alkyl halides is 3. The summed E-state index contributed by atoms with van der Waals surface area (Å²) in [6.07, 6.45) is -0.556. The van der Waals surface area contributed by atoms with Crippen molar-refractivity contribution in [1.29, 1.82) is 0 Å². The fourth-order valence-corrected chi connectivity index (χ4v) is 4.69. The number of rotatable bonds is 11. The first-order valence-corrected chi connectivity index (χ1v) is 13.5. The summed E-state index contributed by atoms with van der Waals surface area (Å²) >= 11 is 1.08. The van der Waals surface area contributed by atoms with E-state index in [1.807, 2.05) is 6.92 Å². The number of halogens is 3. The predicted octanol–water partition coefficient (Wildman–Crippen LogP) is 4.90. The number of thiazole rings is 1. The Hall–Kier alpha value is -2.96. The van der Waals surface area contributed by atoms with Crippen LogP contribution in [0.15, 0.2) is 53.6 Å². The van der Waals surface area contributed by atoms with Gasteiger partial charge in [-0.1, -0.05) is 38.0 Å². The summed E-state index contributed by atoms with van der Waals surface area (Å²) in [4.78, 5) is 16.9. The quantitative estimate of drug-likeness (QED) is 0.336. The van der Waals surface area contributed by atoms with Gasteiger partial charge in [-0.25, -0.2) is 18.5 Å². The van der Waals surface area contributed by atoms with Gasteiger partial charge < -0.3 is 10.1 Å². The molecule has 0 atom stereocenters. The van der Waals surface area contributed by atoms with Crippen molar-refractivity contribution in [2.24, 2.45) is 5.14 Å². The Balaban J connectivity index is 1.63. The first kappa shape index (κ1) is 27.6. The first-order chi connectivity index (χ1) is 17.0. The highest BCUT2D eigenvalue weighted by molar-refractivity contribution is 7.89. The van der Waals surface area contributed by atoms with Crippen molar-refractivity contribution in [2.75, 3.05) is 6.61 Å². The molecule has 7 nitrogen and oxygen atoms in total. The number of unbranched alkanes of at least 4 members (excludes halogenated alkanes) is 2. The smallest absolute Gasteiger partial charge is 0.419 e. The average molecular weight is 542 g/mol. The molecule has 3 aromatic rings. The van der Waals surface area contributed by atoms with E-state index in [1.165, 1.54) is 36.5 Å². The van der Waals surface area contributed by atoms with E-state index in [1.54, 1.807) is 6.07 Å². The molecule has 0 radical (unpaired) electrons. The van der Waals surface area contributed by atoms with Crippen molar-refractivity contribution in [1.82, 2.24) is 10.3 Å². The van der Waals surface area contributed by atoms with Gasteiger partial charge in [0.1, 0.15) is 10.6 Å². The number of nitrogens with zero attached hydrogens (tertiary/aromatic N) is 1. The van der Waals surface area contributed by atoms with Crippen LogP contribution in [0.4, 0.5) is 13.2 Å². The van der Waals surface area contributed by atoms with E-state index in [4.69, 9.17) is 9.88 Å². The molecule has 194 valence electrons. The van der Waals surface area contributed by atoms with Gasteiger partial charge in [-0.15, -0.1) is 11.3 Å². The summed E-state index contributed by atoms with van der Waals surface area (Å²) in [5.74, 6) is -0.597. The SMILES string of the molecule is CCCCCOc1ccc(Cc2ncc(C(=O)NCc3ccc(S(N)(=O)=O)cc3)s2)cc1C(F)(F)F. The normalized spacial score (nSPS) is 11.9. The van der Waals surface area contributed by atoms with E-state index in [9.17, 15) is 26.4 Å². The highest BCUT2D eigenvalue weighted by Crippen LogP contribution is 2.37. The summed E-state index contributed by atoms with van der Waals surface area (Å²) in [5.41, 5.74) is 0.233. The number of sulfonamides is 1. The third-order valence-corrected chi connectivity index (χ3v) is 7.12. The standard InChI is InChI=1S/C24H26F3N3O4S2/c1-2-3-4-11-34-20-10-7-17(12-19(20)24(25,26)27)13-22-29-15-21(35-22)23(31)30-14-16-5-8-18(9-6-16)36(28,32)33/h5-10,12,15H,2-4,11,13-14H2,1H3,(H,30,31)(H2,28,32,33). The van der Waals surface area contributed by atoms with Crippen molar-refractivity contribution in [3.8, 4) is 5.75 Å². The van der Waals surface area contributed by atoms with Gasteiger partial charge >= 0.3 is 6.18 Å². The van der Waals surface area contributed by atoms with Crippen LogP contribution >= 0.6 is 11.3 Å². The average Bonchev–Trinajstić information content (AvgIpc) is 3.28. The first-order valence-electron chi connectivity index (χ1n) is 11.1. The number of nitrogens with two attached hydrogens (primary N) is 1. The number of hydrogen-bond donors (Lipinski definition) is 2. The summed E-state index contributed by atoms with van der Waals surface area (Å²) in [6, 6.07) is 9.71. The molecule has 1 amide bonds. The van der Waals surface area contributed by atoms with Crippen LogP contribution in [0.5, 0.6) is 5.75 Å². The Morgan fingerprint density at radius 3 is 2.44 bits per heavy atom. The maximum Gasteiger partial charge on any atom is 0.419 e. The lowest BCUT2D eigenvalue weighted by molar-refractivity contribution is -0.139. The molecule has 1 heterocycles. The number of carbonyl (C=O) groups excluding carboxylic acids is 1. The molecule has 3 rings (SSSR count). The van der Waals surface area contributed by atoms with Crippen LogP contribution in [-0.2, 0) is 29.2 Å². The van der Waals surface area contributed by atoms with Crippen LogP contribution in [0, 0.1) is 0 Å². The van der Waals surface area contributed by atoms with Crippen LogP contribution in [0.25, 0.3) is 0 Å². The zero-order valence-corrected chi connectivity index (χ0v) is 21.1. The van der Waals surface area contributed by atoms with E-state index < -0.39 is 27.7 Å². The molecule has 1 aromatic heterocycles. The van der Waals surface area contributed by atoms with Crippen molar-refractivity contribution in [3.05, 3.63) is 75.2 Å². The van der Waals surface area contributed by atoms with Crippen molar-refractivity contribution in [3.63, 3.8) is 0 Å². The second kappa shape index (κ2) is 11.8. The zero-order chi connectivity index (χ0) is 26.3. The molecule has 0 aliphatic carbocycles. The highest BCUT2D eigenvalue weighted by atomic mass is 32.2. The minimum Gasteiger partial charge on any atom is -0.493 e. The minimum absolute atomic E-state index is 0.0329. The molecular formula is C24H26F3N3O4S2. The fourth-order valence-electron chi connectivity index (χ4n) is 3.31. The Bertz CT molecular complexity index is 1290. The molecule has 0 bridgehead atoms. The maximum absolute atomic E-state index is 13.6. The van der Waals surface area contributed by atoms with Gasteiger partial charge in [-0.05, 0) is 41.8 Å². The molecule has 0 saturated heterocycles. The number of benzene rings is 2. The molecule has 0 spiro atoms. The number of hydrogen-bond acceptors (Lipinski definition) is 6. The highest BCUT2D eigenvalue weighted by Gasteiger charge is 2.34. The molecule has 0 unspecified atom stereocenters. The summed E-state index contributed by atoms with van der Waals surface area (Å²) in [6.45, 7) is 2.37. The van der Waals surface area contributed by atoms with E-state index in [0.717, 1.165) is 30.2 Å². The number of aromatic nitrogens is 1. The van der Waals surface area contributed by atoms with Crippen molar-refractivity contribution >= 4 is 27.3 Å². The second-order valence-electron chi connectivity index (χ2n) is 8.05. The van der Waals surface area contributed by atoms with Gasteiger partial charge in [-0.2, -0.15) is 13.2 Å².